The van der Waals surface area contributed by atoms with Gasteiger partial charge in [-0.2, -0.15) is 0 Å². The van der Waals surface area contributed by atoms with Crippen molar-refractivity contribution in [2.24, 2.45) is 0 Å². The van der Waals surface area contributed by atoms with Crippen LogP contribution in [0.4, 0.5) is 0 Å². The molecule has 0 unspecified atom stereocenters. The van der Waals surface area contributed by atoms with Crippen LogP contribution in [-0.4, -0.2) is 15.8 Å². The van der Waals surface area contributed by atoms with E-state index in [1.807, 2.05) is 67.6 Å². The molecular formula is C24H22N2O3. The molecule has 2 aromatic heterocycles. The standard InChI is InChI=1S/C24H22N2O3/c1-17-9-10-22-19(12-17)14-20(24(28)25-22)15-26(16-21-8-5-11-29-21)23(27)13-18-6-3-2-4-7-18/h2-12,14H,13,15-16H2,1H3,(H,25,28). The second-order valence-corrected chi connectivity index (χ2v) is 7.21. The summed E-state index contributed by atoms with van der Waals surface area (Å²) < 4.78 is 5.44. The van der Waals surface area contributed by atoms with Gasteiger partial charge in [0.2, 0.25) is 5.91 Å². The van der Waals surface area contributed by atoms with Crippen molar-refractivity contribution in [1.82, 2.24) is 9.88 Å². The van der Waals surface area contributed by atoms with Gasteiger partial charge in [-0.1, -0.05) is 42.0 Å². The van der Waals surface area contributed by atoms with Crippen LogP contribution in [0.1, 0.15) is 22.5 Å². The van der Waals surface area contributed by atoms with E-state index >= 15 is 0 Å². The minimum Gasteiger partial charge on any atom is -0.467 e. The van der Waals surface area contributed by atoms with Crippen LogP contribution in [0.5, 0.6) is 0 Å². The van der Waals surface area contributed by atoms with Gasteiger partial charge in [0.05, 0.1) is 25.8 Å². The summed E-state index contributed by atoms with van der Waals surface area (Å²) in [6.45, 7) is 2.53. The fraction of sp³-hybridized carbons (Fsp3) is 0.167. The minimum atomic E-state index is -0.182. The number of aromatic nitrogens is 1. The molecule has 0 bridgehead atoms. The zero-order valence-corrected chi connectivity index (χ0v) is 16.2. The number of carbonyl (C=O) groups excluding carboxylic acids is 1. The van der Waals surface area contributed by atoms with E-state index in [-0.39, 0.29) is 24.4 Å². The Hall–Kier alpha value is -3.60. The molecule has 1 amide bonds. The number of nitrogens with one attached hydrogen (secondary N) is 1. The molecule has 4 rings (SSSR count). The van der Waals surface area contributed by atoms with Gasteiger partial charge in [0.1, 0.15) is 5.76 Å². The van der Waals surface area contributed by atoms with Gasteiger partial charge >= 0.3 is 0 Å². The summed E-state index contributed by atoms with van der Waals surface area (Å²) in [7, 11) is 0. The molecule has 4 aromatic rings. The lowest BCUT2D eigenvalue weighted by Crippen LogP contribution is -2.33. The number of rotatable bonds is 6. The van der Waals surface area contributed by atoms with Crippen molar-refractivity contribution in [2.45, 2.75) is 26.4 Å². The Bertz CT molecular complexity index is 1180. The monoisotopic (exact) mass is 386 g/mol. The van der Waals surface area contributed by atoms with E-state index < -0.39 is 0 Å². The second kappa shape index (κ2) is 8.19. The summed E-state index contributed by atoms with van der Waals surface area (Å²) >= 11 is 0. The van der Waals surface area contributed by atoms with E-state index in [0.29, 0.717) is 17.9 Å². The summed E-state index contributed by atoms with van der Waals surface area (Å²) in [4.78, 5) is 30.3. The highest BCUT2D eigenvalue weighted by atomic mass is 16.3. The molecule has 29 heavy (non-hydrogen) atoms. The zero-order chi connectivity index (χ0) is 20.2. The van der Waals surface area contributed by atoms with E-state index in [9.17, 15) is 9.59 Å². The van der Waals surface area contributed by atoms with E-state index in [4.69, 9.17) is 4.42 Å². The highest BCUT2D eigenvalue weighted by Gasteiger charge is 2.18. The maximum absolute atomic E-state index is 13.0. The van der Waals surface area contributed by atoms with Crippen molar-refractivity contribution < 1.29 is 9.21 Å². The minimum absolute atomic E-state index is 0.0589. The number of aromatic amines is 1. The van der Waals surface area contributed by atoms with Crippen molar-refractivity contribution in [3.8, 4) is 0 Å². The predicted octanol–water partition coefficient (Wildman–Crippen LogP) is 4.20. The number of benzene rings is 2. The van der Waals surface area contributed by atoms with E-state index in [2.05, 4.69) is 4.98 Å². The number of fused-ring (bicyclic) bond motifs is 1. The van der Waals surface area contributed by atoms with Gasteiger partial charge in [0, 0.05) is 11.1 Å². The normalized spacial score (nSPS) is 10.9. The average Bonchev–Trinajstić information content (AvgIpc) is 3.22. The smallest absolute Gasteiger partial charge is 0.253 e. The van der Waals surface area contributed by atoms with Gasteiger partial charge in [-0.25, -0.2) is 0 Å². The Balaban J connectivity index is 1.64. The maximum atomic E-state index is 13.0. The van der Waals surface area contributed by atoms with Crippen LogP contribution < -0.4 is 5.56 Å². The number of furan rings is 1. The number of hydrogen-bond donors (Lipinski definition) is 1. The summed E-state index contributed by atoms with van der Waals surface area (Å²) in [5.41, 5.74) is 3.21. The number of pyridine rings is 1. The molecule has 0 aliphatic carbocycles. The van der Waals surface area contributed by atoms with Gasteiger partial charge in [0.25, 0.3) is 5.56 Å². The first kappa shape index (κ1) is 18.7. The fourth-order valence-corrected chi connectivity index (χ4v) is 3.40. The van der Waals surface area contributed by atoms with Crippen molar-refractivity contribution in [2.75, 3.05) is 0 Å². The van der Waals surface area contributed by atoms with E-state index in [1.54, 1.807) is 17.2 Å². The highest BCUT2D eigenvalue weighted by Crippen LogP contribution is 2.16. The molecule has 0 fully saturated rings. The van der Waals surface area contributed by atoms with Crippen LogP contribution in [-0.2, 0) is 24.3 Å². The number of H-pyrrole nitrogens is 1. The first-order valence-corrected chi connectivity index (χ1v) is 9.55. The largest absolute Gasteiger partial charge is 0.467 e. The maximum Gasteiger partial charge on any atom is 0.253 e. The molecule has 0 saturated carbocycles. The number of nitrogens with zero attached hydrogens (tertiary/aromatic N) is 1. The molecule has 0 aliphatic rings. The topological polar surface area (TPSA) is 66.3 Å². The summed E-state index contributed by atoms with van der Waals surface area (Å²) in [6, 6.07) is 21.0. The lowest BCUT2D eigenvalue weighted by Gasteiger charge is -2.22. The molecule has 146 valence electrons. The van der Waals surface area contributed by atoms with Crippen LogP contribution in [0, 0.1) is 6.92 Å². The molecule has 1 N–H and O–H groups in total. The van der Waals surface area contributed by atoms with Crippen LogP contribution in [0.3, 0.4) is 0 Å². The Kier molecular flexibility index (Phi) is 5.29. The first-order valence-electron chi connectivity index (χ1n) is 9.55. The molecule has 2 heterocycles. The van der Waals surface area contributed by atoms with E-state index in [1.165, 1.54) is 0 Å². The van der Waals surface area contributed by atoms with Crippen LogP contribution in [0.25, 0.3) is 10.9 Å². The lowest BCUT2D eigenvalue weighted by atomic mass is 10.1. The molecule has 2 aromatic carbocycles. The molecule has 0 aliphatic heterocycles. The summed E-state index contributed by atoms with van der Waals surface area (Å²) in [5, 5.41) is 0.952. The Labute approximate surface area is 168 Å². The molecule has 0 atom stereocenters. The van der Waals surface area contributed by atoms with E-state index in [0.717, 1.165) is 22.0 Å². The van der Waals surface area contributed by atoms with Crippen molar-refractivity contribution in [3.63, 3.8) is 0 Å². The summed E-state index contributed by atoms with van der Waals surface area (Å²) in [5.74, 6) is 0.621. The Morgan fingerprint density at radius 3 is 2.59 bits per heavy atom. The highest BCUT2D eigenvalue weighted by molar-refractivity contribution is 5.81. The van der Waals surface area contributed by atoms with Gasteiger partial charge < -0.3 is 14.3 Å². The molecule has 0 radical (unpaired) electrons. The lowest BCUT2D eigenvalue weighted by molar-refractivity contribution is -0.132. The fourth-order valence-electron chi connectivity index (χ4n) is 3.40. The second-order valence-electron chi connectivity index (χ2n) is 7.21. The Morgan fingerprint density at radius 2 is 1.83 bits per heavy atom. The van der Waals surface area contributed by atoms with Crippen molar-refractivity contribution >= 4 is 16.8 Å². The number of carbonyl (C=O) groups is 1. The van der Waals surface area contributed by atoms with Gasteiger partial charge in [0.15, 0.2) is 0 Å². The van der Waals surface area contributed by atoms with Gasteiger partial charge in [-0.05, 0) is 48.2 Å². The predicted molar refractivity (Wildman–Crippen MR) is 112 cm³/mol. The van der Waals surface area contributed by atoms with Gasteiger partial charge in [-0.3, -0.25) is 9.59 Å². The third kappa shape index (κ3) is 4.46. The third-order valence-electron chi connectivity index (χ3n) is 4.92. The third-order valence-corrected chi connectivity index (χ3v) is 4.92. The summed E-state index contributed by atoms with van der Waals surface area (Å²) in [6.07, 6.45) is 1.85. The van der Waals surface area contributed by atoms with Crippen LogP contribution in [0.15, 0.2) is 82.2 Å². The van der Waals surface area contributed by atoms with Crippen LogP contribution in [0.2, 0.25) is 0 Å². The first-order chi connectivity index (χ1) is 14.1. The number of hydrogen-bond acceptors (Lipinski definition) is 3. The molecule has 5 heteroatoms. The number of amides is 1. The molecular weight excluding hydrogens is 364 g/mol. The molecule has 0 saturated heterocycles. The van der Waals surface area contributed by atoms with Gasteiger partial charge in [-0.15, -0.1) is 0 Å². The van der Waals surface area contributed by atoms with Crippen molar-refractivity contribution in [3.05, 3.63) is 106 Å². The zero-order valence-electron chi connectivity index (χ0n) is 16.2. The number of aryl methyl sites for hydroxylation is 1. The average molecular weight is 386 g/mol. The van der Waals surface area contributed by atoms with Crippen molar-refractivity contribution in [1.29, 1.82) is 0 Å². The quantitative estimate of drug-likeness (QED) is 0.540. The Morgan fingerprint density at radius 1 is 1.00 bits per heavy atom. The molecule has 5 nitrogen and oxygen atoms in total. The SMILES string of the molecule is Cc1ccc2[nH]c(=O)c(CN(Cc3ccco3)C(=O)Cc3ccccc3)cc2c1. The molecule has 0 spiro atoms. The van der Waals surface area contributed by atoms with Crippen LogP contribution >= 0.6 is 0 Å².